The maximum Gasteiger partial charge on any atom is 0.313 e. The molecule has 1 N–H and O–H groups in total. The quantitative estimate of drug-likeness (QED) is 0.387. The average Bonchev–Trinajstić information content (AvgIpc) is 3.05. The monoisotopic (exact) mass is 372 g/mol. The molecule has 1 heterocycles. The third-order valence-electron chi connectivity index (χ3n) is 3.31. The van der Waals surface area contributed by atoms with Gasteiger partial charge in [-0.1, -0.05) is 42.1 Å². The van der Waals surface area contributed by atoms with Gasteiger partial charge in [0, 0.05) is 17.7 Å². The van der Waals surface area contributed by atoms with Gasteiger partial charge < -0.3 is 5.11 Å². The number of nitro benzene ring substituents is 1. The Morgan fingerprint density at radius 1 is 1.12 bits per heavy atom. The minimum absolute atomic E-state index is 0.0232. The van der Waals surface area contributed by atoms with Crippen LogP contribution in [0.5, 0.6) is 0 Å². The summed E-state index contributed by atoms with van der Waals surface area (Å²) in [6.07, 6.45) is 0. The molecule has 0 aliphatic rings. The Bertz CT molecular complexity index is 908. The van der Waals surface area contributed by atoms with Gasteiger partial charge in [0.1, 0.15) is 0 Å². The molecule has 0 spiro atoms. The number of nitrogens with zero attached hydrogens (tertiary/aromatic N) is 2. The van der Waals surface area contributed by atoms with Crippen molar-refractivity contribution >= 4 is 34.8 Å². The molecular formula is C17H12N2O4S2. The van der Waals surface area contributed by atoms with E-state index in [0.717, 1.165) is 33.5 Å². The van der Waals surface area contributed by atoms with E-state index in [1.54, 1.807) is 12.1 Å². The number of hydrogen-bond donors (Lipinski definition) is 1. The second-order valence-electron chi connectivity index (χ2n) is 5.01. The van der Waals surface area contributed by atoms with Gasteiger partial charge in [-0.15, -0.1) is 11.3 Å². The van der Waals surface area contributed by atoms with Crippen LogP contribution >= 0.6 is 23.1 Å². The summed E-state index contributed by atoms with van der Waals surface area (Å²) in [6, 6.07) is 15.8. The standard InChI is InChI=1S/C17H12N2O4S2/c20-14(21)10-24-17-18-15(11-4-2-1-3-5-11)16(25-17)12-6-8-13(9-7-12)19(22)23/h1-9H,10H2,(H,20,21). The van der Waals surface area contributed by atoms with Gasteiger partial charge in [0.25, 0.3) is 5.69 Å². The summed E-state index contributed by atoms with van der Waals surface area (Å²) in [7, 11) is 0. The lowest BCUT2D eigenvalue weighted by molar-refractivity contribution is -0.384. The molecule has 3 rings (SSSR count). The maximum atomic E-state index is 10.8. The number of nitro groups is 1. The molecule has 0 saturated carbocycles. The molecule has 6 nitrogen and oxygen atoms in total. The van der Waals surface area contributed by atoms with Crippen LogP contribution in [0.2, 0.25) is 0 Å². The van der Waals surface area contributed by atoms with Gasteiger partial charge in [0.15, 0.2) is 4.34 Å². The van der Waals surface area contributed by atoms with Crippen molar-refractivity contribution in [2.75, 3.05) is 5.75 Å². The largest absolute Gasteiger partial charge is 0.481 e. The zero-order valence-electron chi connectivity index (χ0n) is 12.8. The Morgan fingerprint density at radius 3 is 2.40 bits per heavy atom. The van der Waals surface area contributed by atoms with Crippen LogP contribution in [0.15, 0.2) is 58.9 Å². The van der Waals surface area contributed by atoms with Crippen LogP contribution in [-0.4, -0.2) is 26.7 Å². The Hall–Kier alpha value is -2.71. The van der Waals surface area contributed by atoms with Crippen molar-refractivity contribution < 1.29 is 14.8 Å². The minimum atomic E-state index is -0.904. The predicted octanol–water partition coefficient (Wildman–Crippen LogP) is 4.56. The number of hydrogen-bond acceptors (Lipinski definition) is 6. The van der Waals surface area contributed by atoms with E-state index in [9.17, 15) is 14.9 Å². The number of thioether (sulfide) groups is 1. The average molecular weight is 372 g/mol. The van der Waals surface area contributed by atoms with Crippen LogP contribution in [0, 0.1) is 10.1 Å². The van der Waals surface area contributed by atoms with E-state index >= 15 is 0 Å². The first-order valence-corrected chi connectivity index (χ1v) is 9.00. The topological polar surface area (TPSA) is 93.3 Å². The molecule has 1 aromatic heterocycles. The molecule has 0 aliphatic heterocycles. The molecule has 0 bridgehead atoms. The summed E-state index contributed by atoms with van der Waals surface area (Å²) in [5.41, 5.74) is 2.49. The first kappa shape index (κ1) is 17.1. The number of aromatic nitrogens is 1. The third-order valence-corrected chi connectivity index (χ3v) is 5.55. The smallest absolute Gasteiger partial charge is 0.313 e. The van der Waals surface area contributed by atoms with Crippen LogP contribution in [0.25, 0.3) is 21.7 Å². The summed E-state index contributed by atoms with van der Waals surface area (Å²) in [6.45, 7) is 0. The fraction of sp³-hybridized carbons (Fsp3) is 0.0588. The highest BCUT2D eigenvalue weighted by Gasteiger charge is 2.17. The van der Waals surface area contributed by atoms with E-state index in [4.69, 9.17) is 5.11 Å². The molecule has 0 saturated heterocycles. The molecule has 2 aromatic carbocycles. The zero-order chi connectivity index (χ0) is 17.8. The SMILES string of the molecule is O=C(O)CSc1nc(-c2ccccc2)c(-c2ccc([N+](=O)[O-])cc2)s1. The number of carboxylic acid groups (broad SMARTS) is 1. The van der Waals surface area contributed by atoms with E-state index in [1.807, 2.05) is 30.3 Å². The number of aliphatic carboxylic acids is 1. The van der Waals surface area contributed by atoms with Crippen molar-refractivity contribution in [3.8, 4) is 21.7 Å². The van der Waals surface area contributed by atoms with Crippen LogP contribution in [0.1, 0.15) is 0 Å². The second-order valence-corrected chi connectivity index (χ2v) is 7.23. The predicted molar refractivity (Wildman–Crippen MR) is 98.0 cm³/mol. The molecule has 25 heavy (non-hydrogen) atoms. The van der Waals surface area contributed by atoms with Crippen LogP contribution in [0.3, 0.4) is 0 Å². The van der Waals surface area contributed by atoms with Gasteiger partial charge in [-0.25, -0.2) is 4.98 Å². The first-order chi connectivity index (χ1) is 12.0. The highest BCUT2D eigenvalue weighted by atomic mass is 32.2. The molecule has 0 fully saturated rings. The molecule has 0 radical (unpaired) electrons. The van der Waals surface area contributed by atoms with E-state index in [-0.39, 0.29) is 11.4 Å². The molecule has 0 unspecified atom stereocenters. The molecule has 0 amide bonds. The molecule has 0 aliphatic carbocycles. The van der Waals surface area contributed by atoms with Gasteiger partial charge >= 0.3 is 5.97 Å². The van der Waals surface area contributed by atoms with Crippen molar-refractivity contribution in [1.29, 1.82) is 0 Å². The Morgan fingerprint density at radius 2 is 1.80 bits per heavy atom. The van der Waals surface area contributed by atoms with E-state index in [2.05, 4.69) is 4.98 Å². The van der Waals surface area contributed by atoms with Gasteiger partial charge in [0.2, 0.25) is 0 Å². The Labute approximate surface area is 151 Å². The summed E-state index contributed by atoms with van der Waals surface area (Å²) in [4.78, 5) is 26.6. The summed E-state index contributed by atoms with van der Waals surface area (Å²) >= 11 is 2.54. The van der Waals surface area contributed by atoms with Crippen molar-refractivity contribution in [2.45, 2.75) is 4.34 Å². The molecule has 126 valence electrons. The van der Waals surface area contributed by atoms with E-state index in [1.165, 1.54) is 23.5 Å². The lowest BCUT2D eigenvalue weighted by atomic mass is 10.1. The number of non-ortho nitro benzene ring substituents is 1. The fourth-order valence-corrected chi connectivity index (χ4v) is 4.10. The summed E-state index contributed by atoms with van der Waals surface area (Å²) in [5.74, 6) is -0.972. The van der Waals surface area contributed by atoms with Crippen molar-refractivity contribution in [2.24, 2.45) is 0 Å². The second kappa shape index (κ2) is 7.45. The normalized spacial score (nSPS) is 10.6. The highest BCUT2D eigenvalue weighted by molar-refractivity contribution is 8.01. The van der Waals surface area contributed by atoms with Gasteiger partial charge in [-0.2, -0.15) is 0 Å². The van der Waals surface area contributed by atoms with Crippen LogP contribution in [-0.2, 0) is 4.79 Å². The van der Waals surface area contributed by atoms with Crippen molar-refractivity contribution in [1.82, 2.24) is 4.98 Å². The Balaban J connectivity index is 2.03. The minimum Gasteiger partial charge on any atom is -0.481 e. The number of benzene rings is 2. The number of carboxylic acids is 1. The third kappa shape index (κ3) is 4.04. The lowest BCUT2D eigenvalue weighted by Crippen LogP contribution is -1.96. The van der Waals surface area contributed by atoms with Crippen LogP contribution < -0.4 is 0 Å². The zero-order valence-corrected chi connectivity index (χ0v) is 14.4. The highest BCUT2D eigenvalue weighted by Crippen LogP contribution is 2.40. The van der Waals surface area contributed by atoms with Gasteiger partial charge in [0.05, 0.1) is 21.2 Å². The fourth-order valence-electron chi connectivity index (χ4n) is 2.21. The molecule has 3 aromatic rings. The molecule has 0 atom stereocenters. The van der Waals surface area contributed by atoms with Crippen molar-refractivity contribution in [3.05, 3.63) is 64.7 Å². The van der Waals surface area contributed by atoms with Gasteiger partial charge in [-0.05, 0) is 17.7 Å². The van der Waals surface area contributed by atoms with E-state index in [0.29, 0.717) is 4.34 Å². The van der Waals surface area contributed by atoms with E-state index < -0.39 is 10.9 Å². The van der Waals surface area contributed by atoms with Crippen molar-refractivity contribution in [3.63, 3.8) is 0 Å². The number of thiazole rings is 1. The summed E-state index contributed by atoms with van der Waals surface area (Å²) in [5, 5.41) is 19.7. The number of rotatable bonds is 6. The molecular weight excluding hydrogens is 360 g/mol. The summed E-state index contributed by atoms with van der Waals surface area (Å²) < 4.78 is 0.648. The lowest BCUT2D eigenvalue weighted by Gasteiger charge is -2.02. The Kier molecular flexibility index (Phi) is 5.11. The van der Waals surface area contributed by atoms with Crippen LogP contribution in [0.4, 0.5) is 5.69 Å². The number of carbonyl (C=O) groups is 1. The molecule has 8 heteroatoms. The maximum absolute atomic E-state index is 10.8. The first-order valence-electron chi connectivity index (χ1n) is 7.20. The van der Waals surface area contributed by atoms with Gasteiger partial charge in [-0.3, -0.25) is 14.9 Å².